The van der Waals surface area contributed by atoms with Crippen molar-refractivity contribution in [3.63, 3.8) is 0 Å². The highest BCUT2D eigenvalue weighted by molar-refractivity contribution is 5.91. The number of anilines is 2. The van der Waals surface area contributed by atoms with Crippen LogP contribution in [-0.2, 0) is 4.79 Å². The fourth-order valence-corrected chi connectivity index (χ4v) is 2.20. The van der Waals surface area contributed by atoms with E-state index in [1.54, 1.807) is 12.1 Å². The summed E-state index contributed by atoms with van der Waals surface area (Å²) in [4.78, 5) is 14.2. The molecule has 0 spiro atoms. The first-order valence-corrected chi connectivity index (χ1v) is 7.39. The number of rotatable bonds is 8. The summed E-state index contributed by atoms with van der Waals surface area (Å²) in [6, 6.07) is 7.27. The van der Waals surface area contributed by atoms with E-state index in [9.17, 15) is 4.79 Å². The Labute approximate surface area is 122 Å². The lowest BCUT2D eigenvalue weighted by Crippen LogP contribution is -2.29. The predicted molar refractivity (Wildman–Crippen MR) is 85.7 cm³/mol. The van der Waals surface area contributed by atoms with Gasteiger partial charge in [-0.05, 0) is 43.6 Å². The number of hydrogen-bond acceptors (Lipinski definition) is 3. The summed E-state index contributed by atoms with van der Waals surface area (Å²) < 4.78 is 0. The van der Waals surface area contributed by atoms with Gasteiger partial charge in [0.1, 0.15) is 0 Å². The number of nitrogens with one attached hydrogen (secondary N) is 1. The van der Waals surface area contributed by atoms with Crippen molar-refractivity contribution in [3.05, 3.63) is 24.3 Å². The zero-order chi connectivity index (χ0) is 15.0. The lowest BCUT2D eigenvalue weighted by atomic mass is 10.2. The van der Waals surface area contributed by atoms with Crippen molar-refractivity contribution in [1.82, 2.24) is 4.90 Å². The van der Waals surface area contributed by atoms with Crippen LogP contribution < -0.4 is 11.1 Å². The van der Waals surface area contributed by atoms with Crippen LogP contribution in [0.4, 0.5) is 11.4 Å². The third kappa shape index (κ3) is 6.57. The van der Waals surface area contributed by atoms with Gasteiger partial charge in [0.15, 0.2) is 0 Å². The van der Waals surface area contributed by atoms with Crippen LogP contribution in [0, 0.1) is 5.92 Å². The van der Waals surface area contributed by atoms with Gasteiger partial charge in [-0.1, -0.05) is 26.8 Å². The van der Waals surface area contributed by atoms with Gasteiger partial charge in [-0.3, -0.25) is 4.79 Å². The number of amides is 1. The van der Waals surface area contributed by atoms with Crippen molar-refractivity contribution in [1.29, 1.82) is 0 Å². The van der Waals surface area contributed by atoms with Gasteiger partial charge in [-0.15, -0.1) is 0 Å². The zero-order valence-electron chi connectivity index (χ0n) is 12.9. The summed E-state index contributed by atoms with van der Waals surface area (Å²) in [5.74, 6) is 0.715. The molecule has 0 aliphatic rings. The van der Waals surface area contributed by atoms with Gasteiger partial charge in [0, 0.05) is 24.3 Å². The third-order valence-corrected chi connectivity index (χ3v) is 3.12. The maximum Gasteiger partial charge on any atom is 0.224 e. The molecule has 1 aromatic carbocycles. The minimum absolute atomic E-state index is 0.0520. The zero-order valence-corrected chi connectivity index (χ0v) is 12.9. The molecule has 0 atom stereocenters. The number of benzene rings is 1. The molecule has 0 heterocycles. The van der Waals surface area contributed by atoms with E-state index < -0.39 is 0 Å². The Morgan fingerprint density at radius 2 is 2.15 bits per heavy atom. The molecule has 0 aliphatic heterocycles. The molecule has 0 bridgehead atoms. The molecule has 20 heavy (non-hydrogen) atoms. The molecular weight excluding hydrogens is 250 g/mol. The molecule has 0 fully saturated rings. The molecule has 0 aliphatic carbocycles. The first kappa shape index (κ1) is 16.5. The highest BCUT2D eigenvalue weighted by Gasteiger charge is 2.07. The molecule has 1 amide bonds. The number of hydrogen-bond donors (Lipinski definition) is 2. The Bertz CT molecular complexity index is 418. The molecule has 0 saturated carbocycles. The molecule has 0 saturated heterocycles. The summed E-state index contributed by atoms with van der Waals surface area (Å²) in [6.07, 6.45) is 1.43. The predicted octanol–water partition coefficient (Wildman–Crippen LogP) is 2.97. The minimum Gasteiger partial charge on any atom is -0.399 e. The smallest absolute Gasteiger partial charge is 0.224 e. The third-order valence-electron chi connectivity index (χ3n) is 3.12. The summed E-state index contributed by atoms with van der Waals surface area (Å²) in [5, 5.41) is 2.88. The van der Waals surface area contributed by atoms with Crippen molar-refractivity contribution in [2.45, 2.75) is 33.6 Å². The van der Waals surface area contributed by atoms with E-state index in [-0.39, 0.29) is 5.91 Å². The second-order valence-corrected chi connectivity index (χ2v) is 5.56. The molecular formula is C16H27N3O. The van der Waals surface area contributed by atoms with E-state index in [4.69, 9.17) is 5.73 Å². The Morgan fingerprint density at radius 1 is 1.40 bits per heavy atom. The van der Waals surface area contributed by atoms with Crippen LogP contribution in [0.15, 0.2) is 24.3 Å². The summed E-state index contributed by atoms with van der Waals surface area (Å²) in [7, 11) is 0. The molecule has 0 radical (unpaired) electrons. The van der Waals surface area contributed by atoms with E-state index in [0.717, 1.165) is 31.7 Å². The van der Waals surface area contributed by atoms with Gasteiger partial charge in [0.05, 0.1) is 0 Å². The molecule has 1 aromatic rings. The molecule has 112 valence electrons. The number of nitrogen functional groups attached to an aromatic ring is 1. The van der Waals surface area contributed by atoms with Crippen molar-refractivity contribution >= 4 is 17.3 Å². The Hall–Kier alpha value is -1.55. The van der Waals surface area contributed by atoms with Crippen LogP contribution in [0.5, 0.6) is 0 Å². The standard InChI is InChI=1S/C16H27N3O/c1-4-19(12-13(2)3)10-6-9-16(20)18-15-8-5-7-14(17)11-15/h5,7-8,11,13H,4,6,9-10,12,17H2,1-3H3,(H,18,20). The van der Waals surface area contributed by atoms with Crippen molar-refractivity contribution in [3.8, 4) is 0 Å². The van der Waals surface area contributed by atoms with E-state index in [0.29, 0.717) is 18.0 Å². The highest BCUT2D eigenvalue weighted by atomic mass is 16.1. The summed E-state index contributed by atoms with van der Waals surface area (Å²) in [5.41, 5.74) is 7.11. The normalized spacial score (nSPS) is 11.1. The Morgan fingerprint density at radius 3 is 2.75 bits per heavy atom. The molecule has 4 nitrogen and oxygen atoms in total. The monoisotopic (exact) mass is 277 g/mol. The maximum atomic E-state index is 11.8. The minimum atomic E-state index is 0.0520. The van der Waals surface area contributed by atoms with E-state index in [1.807, 2.05) is 12.1 Å². The first-order valence-electron chi connectivity index (χ1n) is 7.39. The number of nitrogens with two attached hydrogens (primary N) is 1. The van der Waals surface area contributed by atoms with Gasteiger partial charge in [-0.2, -0.15) is 0 Å². The maximum absolute atomic E-state index is 11.8. The lowest BCUT2D eigenvalue weighted by Gasteiger charge is -2.22. The van der Waals surface area contributed by atoms with Crippen LogP contribution in [0.3, 0.4) is 0 Å². The van der Waals surface area contributed by atoms with Gasteiger partial charge in [0.25, 0.3) is 0 Å². The Balaban J connectivity index is 2.29. The molecule has 4 heteroatoms. The second-order valence-electron chi connectivity index (χ2n) is 5.56. The summed E-state index contributed by atoms with van der Waals surface area (Å²) >= 11 is 0. The van der Waals surface area contributed by atoms with Crippen LogP contribution in [0.1, 0.15) is 33.6 Å². The second kappa shape index (κ2) is 8.59. The van der Waals surface area contributed by atoms with Crippen molar-refractivity contribution in [2.24, 2.45) is 5.92 Å². The lowest BCUT2D eigenvalue weighted by molar-refractivity contribution is -0.116. The highest BCUT2D eigenvalue weighted by Crippen LogP contribution is 2.12. The number of carbonyl (C=O) groups excluding carboxylic acids is 1. The molecule has 3 N–H and O–H groups in total. The first-order chi connectivity index (χ1) is 9.51. The van der Waals surface area contributed by atoms with Crippen LogP contribution in [0.25, 0.3) is 0 Å². The van der Waals surface area contributed by atoms with Gasteiger partial charge >= 0.3 is 0 Å². The average Bonchev–Trinajstić information content (AvgIpc) is 2.37. The van der Waals surface area contributed by atoms with Crippen molar-refractivity contribution in [2.75, 3.05) is 30.7 Å². The average molecular weight is 277 g/mol. The molecule has 0 unspecified atom stereocenters. The number of carbonyl (C=O) groups is 1. The fourth-order valence-electron chi connectivity index (χ4n) is 2.20. The largest absolute Gasteiger partial charge is 0.399 e. The topological polar surface area (TPSA) is 58.4 Å². The van der Waals surface area contributed by atoms with Gasteiger partial charge in [0.2, 0.25) is 5.91 Å². The van der Waals surface area contributed by atoms with Gasteiger partial charge in [-0.25, -0.2) is 0 Å². The van der Waals surface area contributed by atoms with E-state index >= 15 is 0 Å². The molecule has 0 aromatic heterocycles. The molecule has 1 rings (SSSR count). The van der Waals surface area contributed by atoms with Crippen molar-refractivity contribution < 1.29 is 4.79 Å². The van der Waals surface area contributed by atoms with E-state index in [2.05, 4.69) is 31.0 Å². The number of nitrogens with zero attached hydrogens (tertiary/aromatic N) is 1. The van der Waals surface area contributed by atoms with Crippen LogP contribution in [-0.4, -0.2) is 30.4 Å². The van der Waals surface area contributed by atoms with Gasteiger partial charge < -0.3 is 16.0 Å². The van der Waals surface area contributed by atoms with E-state index in [1.165, 1.54) is 0 Å². The van der Waals surface area contributed by atoms with Crippen LogP contribution in [0.2, 0.25) is 0 Å². The fraction of sp³-hybridized carbons (Fsp3) is 0.562. The SMILES string of the molecule is CCN(CCCC(=O)Nc1cccc(N)c1)CC(C)C. The summed E-state index contributed by atoms with van der Waals surface area (Å²) in [6.45, 7) is 9.70. The van der Waals surface area contributed by atoms with Crippen LogP contribution >= 0.6 is 0 Å². The Kier molecular flexibility index (Phi) is 7.09. The quantitative estimate of drug-likeness (QED) is 0.718.